The zero-order chi connectivity index (χ0) is 26.2. The number of nitrogens with zero attached hydrogens (tertiary/aromatic N) is 3. The van der Waals surface area contributed by atoms with Crippen molar-refractivity contribution >= 4 is 17.1 Å². The van der Waals surface area contributed by atoms with Gasteiger partial charge in [-0.2, -0.15) is 0 Å². The highest BCUT2D eigenvalue weighted by atomic mass is 16.5. The van der Waals surface area contributed by atoms with Gasteiger partial charge in [0.1, 0.15) is 24.3 Å². The number of carbonyl (C=O) groups is 1. The zero-order valence-electron chi connectivity index (χ0n) is 21.5. The summed E-state index contributed by atoms with van der Waals surface area (Å²) >= 11 is 0. The van der Waals surface area contributed by atoms with E-state index in [1.807, 2.05) is 56.5 Å². The second-order valence-electron chi connectivity index (χ2n) is 9.55. The van der Waals surface area contributed by atoms with Crippen molar-refractivity contribution in [2.45, 2.75) is 72.6 Å². The van der Waals surface area contributed by atoms with Gasteiger partial charge in [0.15, 0.2) is 11.2 Å². The smallest absolute Gasteiger partial charge is 0.330 e. The number of hydrogen-bond donors (Lipinski definition) is 3. The Balaban J connectivity index is 1.67. The number of aryl methyl sites for hydroxylation is 3. The number of aromatic nitrogens is 4. The summed E-state index contributed by atoms with van der Waals surface area (Å²) in [5.74, 6) is 1.23. The summed E-state index contributed by atoms with van der Waals surface area (Å²) in [6.45, 7) is 9.17. The Bertz CT molecular complexity index is 1290. The molecule has 0 fully saturated rings. The number of aliphatic hydroxyl groups excluding tert-OH is 1. The van der Waals surface area contributed by atoms with Crippen LogP contribution in [0.4, 0.5) is 0 Å². The lowest BCUT2D eigenvalue weighted by molar-refractivity contribution is -0.121. The Morgan fingerprint density at radius 1 is 1.25 bits per heavy atom. The maximum atomic E-state index is 12.7. The fourth-order valence-electron chi connectivity index (χ4n) is 4.00. The molecule has 0 radical (unpaired) electrons. The van der Waals surface area contributed by atoms with E-state index in [-0.39, 0.29) is 31.4 Å². The van der Waals surface area contributed by atoms with Crippen molar-refractivity contribution in [3.63, 3.8) is 0 Å². The van der Waals surface area contributed by atoms with Crippen LogP contribution in [0.1, 0.15) is 51.4 Å². The van der Waals surface area contributed by atoms with E-state index in [9.17, 15) is 19.5 Å². The van der Waals surface area contributed by atoms with Crippen LogP contribution in [-0.4, -0.2) is 49.4 Å². The van der Waals surface area contributed by atoms with E-state index in [1.54, 1.807) is 0 Å². The van der Waals surface area contributed by atoms with Gasteiger partial charge in [-0.1, -0.05) is 39.3 Å². The molecule has 2 heterocycles. The number of amides is 1. The molecule has 1 amide bonds. The van der Waals surface area contributed by atoms with Crippen LogP contribution < -0.4 is 21.3 Å². The van der Waals surface area contributed by atoms with Crippen LogP contribution in [0.5, 0.6) is 5.75 Å². The molecule has 3 rings (SSSR count). The Kier molecular flexibility index (Phi) is 9.46. The minimum atomic E-state index is -0.855. The molecular formula is C26H37N5O5. The summed E-state index contributed by atoms with van der Waals surface area (Å²) in [6, 6.07) is 7.53. The van der Waals surface area contributed by atoms with Gasteiger partial charge < -0.3 is 19.7 Å². The Hall–Kier alpha value is -3.40. The van der Waals surface area contributed by atoms with E-state index in [1.165, 1.54) is 4.57 Å². The molecule has 0 bridgehead atoms. The van der Waals surface area contributed by atoms with Gasteiger partial charge >= 0.3 is 5.69 Å². The van der Waals surface area contributed by atoms with Crippen molar-refractivity contribution in [3.8, 4) is 5.75 Å². The molecule has 0 aliphatic carbocycles. The lowest BCUT2D eigenvalue weighted by Crippen LogP contribution is -2.35. The monoisotopic (exact) mass is 499 g/mol. The van der Waals surface area contributed by atoms with Gasteiger partial charge in [-0.15, -0.1) is 0 Å². The minimum absolute atomic E-state index is 0.0588. The topological polar surface area (TPSA) is 131 Å². The molecule has 0 aliphatic rings. The minimum Gasteiger partial charge on any atom is -0.491 e. The Morgan fingerprint density at radius 3 is 2.72 bits per heavy atom. The third-order valence-electron chi connectivity index (χ3n) is 5.79. The maximum Gasteiger partial charge on any atom is 0.330 e. The van der Waals surface area contributed by atoms with Crippen molar-refractivity contribution in [3.05, 3.63) is 56.5 Å². The van der Waals surface area contributed by atoms with Crippen molar-refractivity contribution in [1.82, 2.24) is 24.4 Å². The van der Waals surface area contributed by atoms with Gasteiger partial charge in [0.2, 0.25) is 5.91 Å². The molecule has 1 aromatic carbocycles. The Morgan fingerprint density at radius 2 is 2.03 bits per heavy atom. The van der Waals surface area contributed by atoms with E-state index in [0.717, 1.165) is 18.4 Å². The van der Waals surface area contributed by atoms with Crippen LogP contribution in [0.2, 0.25) is 0 Å². The first-order valence-electron chi connectivity index (χ1n) is 12.6. The molecule has 3 aromatic rings. The summed E-state index contributed by atoms with van der Waals surface area (Å²) in [5.41, 5.74) is 0.836. The van der Waals surface area contributed by atoms with Crippen LogP contribution in [-0.2, 0) is 24.3 Å². The summed E-state index contributed by atoms with van der Waals surface area (Å²) in [4.78, 5) is 44.7. The first kappa shape index (κ1) is 27.2. The van der Waals surface area contributed by atoms with Crippen LogP contribution in [0.3, 0.4) is 0 Å². The number of unbranched alkanes of at least 4 members (excludes halogenated alkanes) is 1. The van der Waals surface area contributed by atoms with E-state index < -0.39 is 17.4 Å². The van der Waals surface area contributed by atoms with Gasteiger partial charge in [-0.25, -0.2) is 9.78 Å². The number of rotatable bonds is 13. The fourth-order valence-corrected chi connectivity index (χ4v) is 4.00. The quantitative estimate of drug-likeness (QED) is 0.330. The number of carbonyl (C=O) groups excluding carboxylic acids is 1. The highest BCUT2D eigenvalue weighted by molar-refractivity contribution is 5.76. The normalized spacial score (nSPS) is 12.3. The molecule has 196 valence electrons. The van der Waals surface area contributed by atoms with Gasteiger partial charge in [0.25, 0.3) is 5.56 Å². The van der Waals surface area contributed by atoms with E-state index in [2.05, 4.69) is 15.3 Å². The van der Waals surface area contributed by atoms with Crippen LogP contribution in [0.25, 0.3) is 11.2 Å². The third kappa shape index (κ3) is 7.07. The highest BCUT2D eigenvalue weighted by Gasteiger charge is 2.20. The molecule has 3 N–H and O–H groups in total. The SMILES string of the molecule is CCCCn1c(=O)[nH]c(=O)c2c1nc(CCC(=O)NCC(O)COc1cccc(C)c1)n2CC(C)C. The number of ether oxygens (including phenoxy) is 1. The van der Waals surface area contributed by atoms with Crippen molar-refractivity contribution in [2.75, 3.05) is 13.2 Å². The first-order chi connectivity index (χ1) is 17.2. The largest absolute Gasteiger partial charge is 0.491 e. The molecule has 10 nitrogen and oxygen atoms in total. The number of nitrogens with one attached hydrogen (secondary N) is 2. The Labute approximate surface area is 210 Å². The molecule has 36 heavy (non-hydrogen) atoms. The van der Waals surface area contributed by atoms with E-state index in [0.29, 0.717) is 42.2 Å². The molecule has 0 aliphatic heterocycles. The highest BCUT2D eigenvalue weighted by Crippen LogP contribution is 2.16. The summed E-state index contributed by atoms with van der Waals surface area (Å²) in [5, 5.41) is 12.9. The van der Waals surface area contributed by atoms with Gasteiger partial charge in [0.05, 0.1) is 0 Å². The van der Waals surface area contributed by atoms with Gasteiger partial charge in [-0.3, -0.25) is 19.1 Å². The molecule has 1 atom stereocenters. The number of H-pyrrole nitrogens is 1. The van der Waals surface area contributed by atoms with Crippen LogP contribution in [0, 0.1) is 12.8 Å². The summed E-state index contributed by atoms with van der Waals surface area (Å²) < 4.78 is 8.90. The second kappa shape index (κ2) is 12.5. The average Bonchev–Trinajstić information content (AvgIpc) is 3.17. The molecule has 0 spiro atoms. The number of aliphatic hydroxyl groups is 1. The summed E-state index contributed by atoms with van der Waals surface area (Å²) in [6.07, 6.45) is 1.25. The first-order valence-corrected chi connectivity index (χ1v) is 12.6. The fraction of sp³-hybridized carbons (Fsp3) is 0.538. The van der Waals surface area contributed by atoms with Gasteiger partial charge in [0, 0.05) is 32.5 Å². The lowest BCUT2D eigenvalue weighted by atomic mass is 10.2. The van der Waals surface area contributed by atoms with Crippen LogP contribution in [0.15, 0.2) is 33.9 Å². The van der Waals surface area contributed by atoms with Crippen molar-refractivity contribution < 1.29 is 14.6 Å². The number of fused-ring (bicyclic) bond motifs is 1. The zero-order valence-corrected chi connectivity index (χ0v) is 21.5. The predicted octanol–water partition coefficient (Wildman–Crippen LogP) is 2.14. The second-order valence-corrected chi connectivity index (χ2v) is 9.55. The molecule has 0 saturated carbocycles. The number of imidazole rings is 1. The third-order valence-corrected chi connectivity index (χ3v) is 5.79. The molecule has 2 aromatic heterocycles. The number of benzene rings is 1. The summed E-state index contributed by atoms with van der Waals surface area (Å²) in [7, 11) is 0. The number of hydrogen-bond acceptors (Lipinski definition) is 6. The van der Waals surface area contributed by atoms with E-state index in [4.69, 9.17) is 4.74 Å². The maximum absolute atomic E-state index is 12.7. The van der Waals surface area contributed by atoms with Crippen molar-refractivity contribution in [2.24, 2.45) is 5.92 Å². The molecule has 1 unspecified atom stereocenters. The van der Waals surface area contributed by atoms with Crippen LogP contribution >= 0.6 is 0 Å². The standard InChI is InChI=1S/C26H37N5O5/c1-5-6-12-30-24-23(25(34)29-26(30)35)31(15-17(2)3)21(28-24)10-11-22(33)27-14-19(32)16-36-20-9-7-8-18(4)13-20/h7-9,13,17,19,32H,5-6,10-12,14-16H2,1-4H3,(H,27,33)(H,29,34,35). The molecular weight excluding hydrogens is 462 g/mol. The predicted molar refractivity (Wildman–Crippen MR) is 138 cm³/mol. The van der Waals surface area contributed by atoms with E-state index >= 15 is 0 Å². The van der Waals surface area contributed by atoms with Crippen molar-refractivity contribution in [1.29, 1.82) is 0 Å². The lowest BCUT2D eigenvalue weighted by Gasteiger charge is -2.14. The number of aromatic amines is 1. The average molecular weight is 500 g/mol. The molecule has 10 heteroatoms. The molecule has 0 saturated heterocycles. The van der Waals surface area contributed by atoms with Gasteiger partial charge in [-0.05, 0) is 37.0 Å².